The molecule has 1 fully saturated rings. The zero-order valence-corrected chi connectivity index (χ0v) is 11.7. The minimum absolute atomic E-state index is 0.454. The molecule has 1 aliphatic rings. The lowest BCUT2D eigenvalue weighted by molar-refractivity contribution is 0.483. The molecule has 0 amide bonds. The Balaban J connectivity index is 1.76. The fourth-order valence-corrected chi connectivity index (χ4v) is 2.81. The summed E-state index contributed by atoms with van der Waals surface area (Å²) in [6.45, 7) is 0.454. The normalized spacial score (nSPS) is 14.5. The Hall–Kier alpha value is -2.26. The quantitative estimate of drug-likeness (QED) is 0.761. The van der Waals surface area contributed by atoms with E-state index in [9.17, 15) is 0 Å². The minimum Gasteiger partial charge on any atom is -0.459 e. The summed E-state index contributed by atoms with van der Waals surface area (Å²) in [7, 11) is 0. The van der Waals surface area contributed by atoms with Gasteiger partial charge in [-0.15, -0.1) is 0 Å². The predicted molar refractivity (Wildman–Crippen MR) is 82.6 cm³/mol. The summed E-state index contributed by atoms with van der Waals surface area (Å²) in [4.78, 5) is 0. The van der Waals surface area contributed by atoms with Crippen molar-refractivity contribution in [3.05, 3.63) is 59.9 Å². The number of ether oxygens (including phenoxy) is 1. The van der Waals surface area contributed by atoms with Crippen LogP contribution in [0.15, 0.2) is 52.9 Å². The van der Waals surface area contributed by atoms with Gasteiger partial charge in [-0.3, -0.25) is 0 Å². The summed E-state index contributed by atoms with van der Waals surface area (Å²) in [5.41, 5.74) is 8.00. The Morgan fingerprint density at radius 3 is 2.57 bits per heavy atom. The van der Waals surface area contributed by atoms with Gasteiger partial charge in [-0.1, -0.05) is 18.2 Å². The maximum Gasteiger partial charge on any atom is 0.134 e. The molecule has 4 rings (SSSR count). The van der Waals surface area contributed by atoms with E-state index >= 15 is 0 Å². The second kappa shape index (κ2) is 4.93. The van der Waals surface area contributed by atoms with Gasteiger partial charge >= 0.3 is 0 Å². The lowest BCUT2D eigenvalue weighted by Gasteiger charge is -2.05. The molecule has 3 aromatic rings. The Morgan fingerprint density at radius 1 is 1.05 bits per heavy atom. The van der Waals surface area contributed by atoms with E-state index in [0.717, 1.165) is 28.2 Å². The van der Waals surface area contributed by atoms with Crippen molar-refractivity contribution >= 4 is 11.0 Å². The highest BCUT2D eigenvalue weighted by Crippen LogP contribution is 2.46. The zero-order chi connectivity index (χ0) is 14.2. The number of benzene rings is 2. The van der Waals surface area contributed by atoms with Crippen LogP contribution < -0.4 is 10.5 Å². The second-order valence-electron chi connectivity index (χ2n) is 5.49. The molecule has 0 unspecified atom stereocenters. The van der Waals surface area contributed by atoms with Gasteiger partial charge in [0.1, 0.15) is 22.8 Å². The molecule has 1 heterocycles. The minimum atomic E-state index is 0.454. The Morgan fingerprint density at radius 2 is 1.86 bits per heavy atom. The van der Waals surface area contributed by atoms with Crippen molar-refractivity contribution in [3.8, 4) is 11.5 Å². The average Bonchev–Trinajstić information content (AvgIpc) is 3.29. The summed E-state index contributed by atoms with van der Waals surface area (Å²) in [6.07, 6.45) is 2.46. The molecule has 2 aromatic carbocycles. The van der Waals surface area contributed by atoms with Gasteiger partial charge < -0.3 is 14.9 Å². The van der Waals surface area contributed by atoms with Crippen LogP contribution in [0.4, 0.5) is 0 Å². The smallest absolute Gasteiger partial charge is 0.134 e. The molecule has 0 spiro atoms. The van der Waals surface area contributed by atoms with Gasteiger partial charge in [0, 0.05) is 10.9 Å². The third-order valence-electron chi connectivity index (χ3n) is 3.92. The molecule has 3 nitrogen and oxygen atoms in total. The average molecular weight is 279 g/mol. The van der Waals surface area contributed by atoms with Crippen LogP contribution in [-0.2, 0) is 6.54 Å². The van der Waals surface area contributed by atoms with Crippen molar-refractivity contribution in [2.24, 2.45) is 5.73 Å². The number of nitrogens with two attached hydrogens (primary N) is 1. The fraction of sp³-hybridized carbons (Fsp3) is 0.222. The van der Waals surface area contributed by atoms with Gasteiger partial charge in [0.15, 0.2) is 0 Å². The fourth-order valence-electron chi connectivity index (χ4n) is 2.81. The van der Waals surface area contributed by atoms with Gasteiger partial charge in [0.25, 0.3) is 0 Å². The van der Waals surface area contributed by atoms with Gasteiger partial charge in [0.05, 0.1) is 6.54 Å². The van der Waals surface area contributed by atoms with E-state index < -0.39 is 0 Å². The first-order valence-corrected chi connectivity index (χ1v) is 7.33. The van der Waals surface area contributed by atoms with Crippen LogP contribution in [0.1, 0.15) is 30.1 Å². The molecular formula is C18H17NO2. The number of para-hydroxylation sites is 1. The Labute approximate surface area is 123 Å². The van der Waals surface area contributed by atoms with Gasteiger partial charge in [0.2, 0.25) is 0 Å². The predicted octanol–water partition coefficient (Wildman–Crippen LogP) is 4.56. The van der Waals surface area contributed by atoms with Gasteiger partial charge in [-0.2, -0.15) is 0 Å². The van der Waals surface area contributed by atoms with Crippen molar-refractivity contribution in [3.63, 3.8) is 0 Å². The summed E-state index contributed by atoms with van der Waals surface area (Å²) in [5, 5.41) is 1.14. The van der Waals surface area contributed by atoms with E-state index in [1.165, 1.54) is 18.4 Å². The third-order valence-corrected chi connectivity index (χ3v) is 3.92. The van der Waals surface area contributed by atoms with Crippen molar-refractivity contribution < 1.29 is 9.15 Å². The molecule has 106 valence electrons. The Bertz CT molecular complexity index is 773. The molecule has 1 aliphatic carbocycles. The van der Waals surface area contributed by atoms with Gasteiger partial charge in [-0.25, -0.2) is 0 Å². The number of furan rings is 1. The van der Waals surface area contributed by atoms with E-state index in [2.05, 4.69) is 6.07 Å². The summed E-state index contributed by atoms with van der Waals surface area (Å²) in [5.74, 6) is 3.20. The number of hydrogen-bond donors (Lipinski definition) is 1. The maximum absolute atomic E-state index is 5.91. The first kappa shape index (κ1) is 12.5. The standard InChI is InChI=1S/C18H17NO2/c19-11-17-18(12-6-7-12)15-10-14(8-9-16(15)21-17)20-13-4-2-1-3-5-13/h1-5,8-10,12H,6-7,11,19H2. The zero-order valence-electron chi connectivity index (χ0n) is 11.7. The van der Waals surface area contributed by atoms with Crippen molar-refractivity contribution in [2.45, 2.75) is 25.3 Å². The van der Waals surface area contributed by atoms with E-state index in [-0.39, 0.29) is 0 Å². The summed E-state index contributed by atoms with van der Waals surface area (Å²) >= 11 is 0. The molecule has 1 saturated carbocycles. The number of hydrogen-bond acceptors (Lipinski definition) is 3. The maximum atomic E-state index is 5.91. The van der Waals surface area contributed by atoms with Crippen LogP contribution in [0.2, 0.25) is 0 Å². The molecule has 0 bridgehead atoms. The van der Waals surface area contributed by atoms with Crippen LogP contribution in [0.3, 0.4) is 0 Å². The molecular weight excluding hydrogens is 262 g/mol. The molecule has 1 aromatic heterocycles. The van der Waals surface area contributed by atoms with Crippen LogP contribution in [0.5, 0.6) is 11.5 Å². The molecule has 0 radical (unpaired) electrons. The highest BCUT2D eigenvalue weighted by molar-refractivity contribution is 5.85. The second-order valence-corrected chi connectivity index (χ2v) is 5.49. The molecule has 0 atom stereocenters. The van der Waals surface area contributed by atoms with Crippen molar-refractivity contribution in [2.75, 3.05) is 0 Å². The first-order valence-electron chi connectivity index (χ1n) is 7.33. The summed E-state index contributed by atoms with van der Waals surface area (Å²) in [6, 6.07) is 15.8. The Kier molecular flexibility index (Phi) is 2.93. The third kappa shape index (κ3) is 2.30. The van der Waals surface area contributed by atoms with E-state index in [0.29, 0.717) is 12.5 Å². The monoisotopic (exact) mass is 279 g/mol. The van der Waals surface area contributed by atoms with Gasteiger partial charge in [-0.05, 0) is 49.1 Å². The van der Waals surface area contributed by atoms with E-state index in [1.807, 2.05) is 42.5 Å². The molecule has 0 aliphatic heterocycles. The lowest BCUT2D eigenvalue weighted by atomic mass is 10.1. The molecule has 2 N–H and O–H groups in total. The highest BCUT2D eigenvalue weighted by Gasteiger charge is 2.30. The van der Waals surface area contributed by atoms with Crippen molar-refractivity contribution in [1.29, 1.82) is 0 Å². The van der Waals surface area contributed by atoms with E-state index in [4.69, 9.17) is 14.9 Å². The summed E-state index contributed by atoms with van der Waals surface area (Å²) < 4.78 is 11.8. The first-order chi connectivity index (χ1) is 10.3. The largest absolute Gasteiger partial charge is 0.459 e. The van der Waals surface area contributed by atoms with Crippen molar-refractivity contribution in [1.82, 2.24) is 0 Å². The topological polar surface area (TPSA) is 48.4 Å². The SMILES string of the molecule is NCc1oc2ccc(Oc3ccccc3)cc2c1C1CC1. The van der Waals surface area contributed by atoms with Crippen LogP contribution in [0, 0.1) is 0 Å². The van der Waals surface area contributed by atoms with Crippen LogP contribution in [-0.4, -0.2) is 0 Å². The molecule has 3 heteroatoms. The number of fused-ring (bicyclic) bond motifs is 1. The molecule has 21 heavy (non-hydrogen) atoms. The van der Waals surface area contributed by atoms with Crippen LogP contribution in [0.25, 0.3) is 11.0 Å². The number of rotatable bonds is 4. The van der Waals surface area contributed by atoms with Crippen LogP contribution >= 0.6 is 0 Å². The molecule has 0 saturated heterocycles. The highest BCUT2D eigenvalue weighted by atomic mass is 16.5. The van der Waals surface area contributed by atoms with E-state index in [1.54, 1.807) is 0 Å². The lowest BCUT2D eigenvalue weighted by Crippen LogP contribution is -1.97.